The number of amides is 2. The number of hydrogen-bond donors (Lipinski definition) is 3. The highest BCUT2D eigenvalue weighted by Crippen LogP contribution is 2.22. The van der Waals surface area contributed by atoms with Crippen LogP contribution in [0.2, 0.25) is 0 Å². The van der Waals surface area contributed by atoms with Crippen molar-refractivity contribution in [1.29, 1.82) is 0 Å². The molecule has 2 fully saturated rings. The number of anilines is 2. The number of benzene rings is 1. The molecule has 2 aromatic rings. The molecule has 2 aliphatic rings. The second-order valence-electron chi connectivity index (χ2n) is 8.63. The molecule has 0 radical (unpaired) electrons. The second-order valence-corrected chi connectivity index (χ2v) is 8.63. The molecule has 0 spiro atoms. The minimum atomic E-state index is -0.272. The first-order valence-electron chi connectivity index (χ1n) is 11.3. The smallest absolute Gasteiger partial charge is 0.271 e. The highest BCUT2D eigenvalue weighted by Gasteiger charge is 2.24. The van der Waals surface area contributed by atoms with E-state index in [2.05, 4.69) is 37.7 Å². The van der Waals surface area contributed by atoms with Crippen molar-refractivity contribution in [2.24, 2.45) is 0 Å². The highest BCUT2D eigenvalue weighted by atomic mass is 16.5. The fourth-order valence-corrected chi connectivity index (χ4v) is 4.34. The van der Waals surface area contributed by atoms with E-state index in [1.54, 1.807) is 7.11 Å². The van der Waals surface area contributed by atoms with Crippen LogP contribution in [-0.2, 0) is 4.74 Å². The van der Waals surface area contributed by atoms with Crippen molar-refractivity contribution in [3.63, 3.8) is 0 Å². The second kappa shape index (κ2) is 10.1. The van der Waals surface area contributed by atoms with Crippen molar-refractivity contribution in [3.8, 4) is 0 Å². The maximum Gasteiger partial charge on any atom is 0.271 e. The van der Waals surface area contributed by atoms with Crippen molar-refractivity contribution in [3.05, 3.63) is 41.7 Å². The molecule has 1 saturated heterocycles. The first kappa shape index (κ1) is 22.3. The minimum Gasteiger partial charge on any atom is -0.381 e. The number of hydrogen-bond acceptors (Lipinski definition) is 6. The molecule has 172 valence electrons. The van der Waals surface area contributed by atoms with Crippen molar-refractivity contribution >= 4 is 23.2 Å². The van der Waals surface area contributed by atoms with E-state index in [1.165, 1.54) is 6.20 Å². The summed E-state index contributed by atoms with van der Waals surface area (Å²) >= 11 is 0. The SMILES string of the molecule is COC1CCC(NC(=O)c2[nH]ncc2NC(=O)c2ccc(N3CCN(C)CC3)cc2)CC1. The number of rotatable bonds is 6. The zero-order valence-corrected chi connectivity index (χ0v) is 18.8. The summed E-state index contributed by atoms with van der Waals surface area (Å²) in [7, 11) is 3.85. The average Bonchev–Trinajstić information content (AvgIpc) is 3.28. The number of aromatic nitrogens is 2. The molecular formula is C23H32N6O3. The van der Waals surface area contributed by atoms with Crippen LogP contribution in [0.4, 0.5) is 11.4 Å². The number of H-pyrrole nitrogens is 1. The maximum absolute atomic E-state index is 12.8. The van der Waals surface area contributed by atoms with E-state index in [4.69, 9.17) is 4.74 Å². The number of nitrogens with zero attached hydrogens (tertiary/aromatic N) is 3. The van der Waals surface area contributed by atoms with E-state index in [9.17, 15) is 9.59 Å². The number of aromatic amines is 1. The Labute approximate surface area is 188 Å². The quantitative estimate of drug-likeness (QED) is 0.636. The number of carbonyl (C=O) groups is 2. The van der Waals surface area contributed by atoms with Gasteiger partial charge in [-0.25, -0.2) is 0 Å². The molecule has 2 heterocycles. The summed E-state index contributed by atoms with van der Waals surface area (Å²) in [6.07, 6.45) is 5.34. The predicted molar refractivity (Wildman–Crippen MR) is 123 cm³/mol. The molecule has 1 aliphatic heterocycles. The Kier molecular flexibility index (Phi) is 7.06. The van der Waals surface area contributed by atoms with E-state index in [0.717, 1.165) is 57.5 Å². The molecule has 3 N–H and O–H groups in total. The van der Waals surface area contributed by atoms with Gasteiger partial charge in [0.25, 0.3) is 11.8 Å². The monoisotopic (exact) mass is 440 g/mol. The number of methoxy groups -OCH3 is 1. The van der Waals surface area contributed by atoms with Crippen molar-refractivity contribution in [2.75, 3.05) is 50.6 Å². The predicted octanol–water partition coefficient (Wildman–Crippen LogP) is 2.10. The van der Waals surface area contributed by atoms with E-state index in [0.29, 0.717) is 11.3 Å². The van der Waals surface area contributed by atoms with Crippen LogP contribution in [0.1, 0.15) is 46.5 Å². The Bertz CT molecular complexity index is 912. The highest BCUT2D eigenvalue weighted by molar-refractivity contribution is 6.08. The third-order valence-corrected chi connectivity index (χ3v) is 6.46. The standard InChI is InChI=1S/C23H32N6O3/c1-28-11-13-29(14-12-28)18-7-3-16(4-8-18)22(30)26-20-15-24-27-21(20)23(31)25-17-5-9-19(32-2)10-6-17/h3-4,7-8,15,17,19H,5-6,9-14H2,1-2H3,(H,24,27)(H,25,31)(H,26,30). The third kappa shape index (κ3) is 5.28. The fraction of sp³-hybridized carbons (Fsp3) is 0.522. The summed E-state index contributed by atoms with van der Waals surface area (Å²) in [6, 6.07) is 7.68. The van der Waals surface area contributed by atoms with Gasteiger partial charge in [0.1, 0.15) is 5.69 Å². The van der Waals surface area contributed by atoms with Gasteiger partial charge in [0, 0.05) is 50.6 Å². The van der Waals surface area contributed by atoms with Crippen molar-refractivity contribution in [1.82, 2.24) is 20.4 Å². The average molecular weight is 441 g/mol. The summed E-state index contributed by atoms with van der Waals surface area (Å²) in [6.45, 7) is 4.01. The Hall–Kier alpha value is -2.91. The van der Waals surface area contributed by atoms with Crippen LogP contribution in [0, 0.1) is 0 Å². The van der Waals surface area contributed by atoms with Gasteiger partial charge >= 0.3 is 0 Å². The molecule has 32 heavy (non-hydrogen) atoms. The summed E-state index contributed by atoms with van der Waals surface area (Å²) in [5.74, 6) is -0.532. The lowest BCUT2D eigenvalue weighted by molar-refractivity contribution is 0.0598. The van der Waals surface area contributed by atoms with Gasteiger partial charge in [-0.15, -0.1) is 0 Å². The number of piperazine rings is 1. The van der Waals surface area contributed by atoms with Gasteiger partial charge in [-0.3, -0.25) is 14.7 Å². The molecule has 1 aromatic carbocycles. The normalized spacial score (nSPS) is 21.9. The van der Waals surface area contributed by atoms with Gasteiger partial charge in [0.15, 0.2) is 0 Å². The summed E-state index contributed by atoms with van der Waals surface area (Å²) in [5, 5.41) is 12.5. The van der Waals surface area contributed by atoms with Crippen LogP contribution in [-0.4, -0.2) is 79.4 Å². The molecule has 0 unspecified atom stereocenters. The molecule has 1 saturated carbocycles. The Balaban J connectivity index is 1.34. The zero-order chi connectivity index (χ0) is 22.5. The zero-order valence-electron chi connectivity index (χ0n) is 18.8. The van der Waals surface area contributed by atoms with Crippen molar-refractivity contribution < 1.29 is 14.3 Å². The molecular weight excluding hydrogens is 408 g/mol. The van der Waals surface area contributed by atoms with E-state index < -0.39 is 0 Å². The van der Waals surface area contributed by atoms with Gasteiger partial charge in [-0.2, -0.15) is 5.10 Å². The molecule has 0 atom stereocenters. The Morgan fingerprint density at radius 1 is 1.03 bits per heavy atom. The van der Waals surface area contributed by atoms with Gasteiger partial charge in [0.2, 0.25) is 0 Å². The summed E-state index contributed by atoms with van der Waals surface area (Å²) in [4.78, 5) is 30.1. The first-order chi connectivity index (χ1) is 15.5. The summed E-state index contributed by atoms with van der Waals surface area (Å²) < 4.78 is 5.39. The van der Waals surface area contributed by atoms with Crippen LogP contribution < -0.4 is 15.5 Å². The number of ether oxygens (including phenoxy) is 1. The van der Waals surface area contributed by atoms with E-state index >= 15 is 0 Å². The lowest BCUT2D eigenvalue weighted by atomic mass is 9.93. The third-order valence-electron chi connectivity index (χ3n) is 6.46. The molecule has 9 nitrogen and oxygen atoms in total. The molecule has 2 amide bonds. The topological polar surface area (TPSA) is 103 Å². The van der Waals surface area contributed by atoms with Crippen LogP contribution in [0.5, 0.6) is 0 Å². The summed E-state index contributed by atoms with van der Waals surface area (Å²) in [5.41, 5.74) is 2.29. The maximum atomic E-state index is 12.8. The Morgan fingerprint density at radius 2 is 1.72 bits per heavy atom. The minimum absolute atomic E-state index is 0.0999. The molecule has 9 heteroatoms. The van der Waals surface area contributed by atoms with Gasteiger partial charge < -0.3 is 25.2 Å². The molecule has 0 bridgehead atoms. The van der Waals surface area contributed by atoms with Crippen LogP contribution in [0.3, 0.4) is 0 Å². The fourth-order valence-electron chi connectivity index (χ4n) is 4.34. The van der Waals surface area contributed by atoms with E-state index in [1.807, 2.05) is 24.3 Å². The van der Waals surface area contributed by atoms with Gasteiger partial charge in [-0.05, 0) is 57.0 Å². The van der Waals surface area contributed by atoms with Crippen LogP contribution in [0.15, 0.2) is 30.5 Å². The van der Waals surface area contributed by atoms with Crippen molar-refractivity contribution in [2.45, 2.75) is 37.8 Å². The largest absolute Gasteiger partial charge is 0.381 e. The van der Waals surface area contributed by atoms with E-state index in [-0.39, 0.29) is 29.7 Å². The lowest BCUT2D eigenvalue weighted by Crippen LogP contribution is -2.44. The number of nitrogens with one attached hydrogen (secondary N) is 3. The van der Waals surface area contributed by atoms with Crippen LogP contribution in [0.25, 0.3) is 0 Å². The molecule has 1 aliphatic carbocycles. The lowest BCUT2D eigenvalue weighted by Gasteiger charge is -2.34. The van der Waals surface area contributed by atoms with Crippen LogP contribution >= 0.6 is 0 Å². The number of likely N-dealkylation sites (N-methyl/N-ethyl adjacent to an activating group) is 1. The Morgan fingerprint density at radius 3 is 2.38 bits per heavy atom. The van der Waals surface area contributed by atoms with Gasteiger partial charge in [0.05, 0.1) is 18.0 Å². The first-order valence-corrected chi connectivity index (χ1v) is 11.3. The molecule has 4 rings (SSSR count). The van der Waals surface area contributed by atoms with Gasteiger partial charge in [-0.1, -0.05) is 0 Å². The number of carbonyl (C=O) groups excluding carboxylic acids is 2. The molecule has 1 aromatic heterocycles.